The zero-order valence-corrected chi connectivity index (χ0v) is 16.7. The summed E-state index contributed by atoms with van der Waals surface area (Å²) in [5, 5.41) is 7.16. The minimum Gasteiger partial charge on any atom is -0.487 e. The molecular formula is C20H22N2O2S2. The van der Waals surface area contributed by atoms with Crippen molar-refractivity contribution < 1.29 is 9.53 Å². The molecule has 3 rings (SSSR count). The Balaban J connectivity index is 1.71. The Bertz CT molecular complexity index is 837. The van der Waals surface area contributed by atoms with E-state index in [1.807, 2.05) is 29.0 Å². The summed E-state index contributed by atoms with van der Waals surface area (Å²) in [6.07, 6.45) is 0. The molecule has 0 saturated heterocycles. The van der Waals surface area contributed by atoms with Gasteiger partial charge in [-0.1, -0.05) is 32.9 Å². The number of hydrogen-bond acceptors (Lipinski definition) is 5. The third kappa shape index (κ3) is 4.71. The number of thiazole rings is 1. The van der Waals surface area contributed by atoms with Crippen LogP contribution in [-0.4, -0.2) is 10.9 Å². The molecule has 1 amide bonds. The zero-order valence-electron chi connectivity index (χ0n) is 15.1. The van der Waals surface area contributed by atoms with Crippen LogP contribution in [0.25, 0.3) is 0 Å². The van der Waals surface area contributed by atoms with Crippen molar-refractivity contribution in [1.82, 2.24) is 10.3 Å². The molecule has 0 radical (unpaired) electrons. The standard InChI is InChI=1S/C20H22N2O2S2/c1-20(2,3)18(17-8-5-9-26-17)22-19(23)14-6-4-7-16(10-14)24-11-15-12-25-13-21-15/h4-10,12-13,18H,11H2,1-3H3,(H,22,23). The van der Waals surface area contributed by atoms with Crippen LogP contribution < -0.4 is 10.1 Å². The molecule has 26 heavy (non-hydrogen) atoms. The molecule has 1 atom stereocenters. The van der Waals surface area contributed by atoms with Crippen LogP contribution in [0.15, 0.2) is 52.7 Å². The van der Waals surface area contributed by atoms with Gasteiger partial charge >= 0.3 is 0 Å². The van der Waals surface area contributed by atoms with E-state index in [1.165, 1.54) is 11.3 Å². The molecule has 1 aromatic carbocycles. The zero-order chi connectivity index (χ0) is 18.6. The number of thiophene rings is 1. The summed E-state index contributed by atoms with van der Waals surface area (Å²) in [5.41, 5.74) is 3.17. The van der Waals surface area contributed by atoms with Crippen molar-refractivity contribution in [2.24, 2.45) is 5.41 Å². The lowest BCUT2D eigenvalue weighted by molar-refractivity contribution is 0.0903. The highest BCUT2D eigenvalue weighted by molar-refractivity contribution is 7.10. The van der Waals surface area contributed by atoms with E-state index in [4.69, 9.17) is 4.74 Å². The van der Waals surface area contributed by atoms with Crippen LogP contribution >= 0.6 is 22.7 Å². The fourth-order valence-electron chi connectivity index (χ4n) is 2.58. The van der Waals surface area contributed by atoms with Gasteiger partial charge in [0.1, 0.15) is 12.4 Å². The van der Waals surface area contributed by atoms with E-state index in [9.17, 15) is 4.79 Å². The van der Waals surface area contributed by atoms with Gasteiger partial charge in [0.15, 0.2) is 0 Å². The van der Waals surface area contributed by atoms with Crippen molar-refractivity contribution in [1.29, 1.82) is 0 Å². The third-order valence-corrected chi connectivity index (χ3v) is 5.51. The first-order chi connectivity index (χ1) is 12.4. The maximum absolute atomic E-state index is 12.8. The number of benzene rings is 1. The second-order valence-corrected chi connectivity index (χ2v) is 8.78. The Morgan fingerprint density at radius 3 is 2.77 bits per heavy atom. The molecular weight excluding hydrogens is 364 g/mol. The maximum atomic E-state index is 12.8. The Morgan fingerprint density at radius 1 is 1.27 bits per heavy atom. The first kappa shape index (κ1) is 18.6. The Hall–Kier alpha value is -2.18. The number of nitrogens with zero attached hydrogens (tertiary/aromatic N) is 1. The lowest BCUT2D eigenvalue weighted by atomic mass is 9.85. The predicted octanol–water partition coefficient (Wildman–Crippen LogP) is 5.30. The van der Waals surface area contributed by atoms with Gasteiger partial charge in [0, 0.05) is 15.8 Å². The van der Waals surface area contributed by atoms with E-state index in [0.29, 0.717) is 17.9 Å². The number of rotatable bonds is 6. The van der Waals surface area contributed by atoms with Crippen LogP contribution in [-0.2, 0) is 6.61 Å². The van der Waals surface area contributed by atoms with Crippen molar-refractivity contribution in [3.05, 3.63) is 68.8 Å². The molecule has 0 aliphatic rings. The number of ether oxygens (including phenoxy) is 1. The molecule has 0 spiro atoms. The molecule has 0 aliphatic heterocycles. The number of hydrogen-bond donors (Lipinski definition) is 1. The van der Waals surface area contributed by atoms with Crippen molar-refractivity contribution in [2.45, 2.75) is 33.4 Å². The Labute approximate surface area is 161 Å². The maximum Gasteiger partial charge on any atom is 0.251 e. The van der Waals surface area contributed by atoms with Crippen LogP contribution in [0.4, 0.5) is 0 Å². The molecule has 3 aromatic rings. The molecule has 0 aliphatic carbocycles. The Morgan fingerprint density at radius 2 is 2.12 bits per heavy atom. The average molecular weight is 387 g/mol. The minimum atomic E-state index is -0.0996. The summed E-state index contributed by atoms with van der Waals surface area (Å²) in [5.74, 6) is 0.562. The quantitative estimate of drug-likeness (QED) is 0.625. The number of carbonyl (C=O) groups excluding carboxylic acids is 1. The van der Waals surface area contributed by atoms with Crippen molar-refractivity contribution in [3.8, 4) is 5.75 Å². The van der Waals surface area contributed by atoms with Crippen LogP contribution in [0.3, 0.4) is 0 Å². The van der Waals surface area contributed by atoms with Gasteiger partial charge in [-0.3, -0.25) is 4.79 Å². The molecule has 4 nitrogen and oxygen atoms in total. The van der Waals surface area contributed by atoms with Gasteiger partial charge < -0.3 is 10.1 Å². The SMILES string of the molecule is CC(C)(C)C(NC(=O)c1cccc(OCc2cscn2)c1)c1cccs1. The van der Waals surface area contributed by atoms with Gasteiger partial charge in [0.2, 0.25) is 0 Å². The van der Waals surface area contributed by atoms with Gasteiger partial charge in [-0.15, -0.1) is 22.7 Å². The van der Waals surface area contributed by atoms with Gasteiger partial charge in [0.05, 0.1) is 17.2 Å². The summed E-state index contributed by atoms with van der Waals surface area (Å²) in [6.45, 7) is 6.79. The summed E-state index contributed by atoms with van der Waals surface area (Å²) in [6, 6.07) is 11.3. The molecule has 1 unspecified atom stereocenters. The summed E-state index contributed by atoms with van der Waals surface area (Å²) < 4.78 is 5.75. The molecule has 136 valence electrons. The molecule has 6 heteroatoms. The largest absolute Gasteiger partial charge is 0.487 e. The monoisotopic (exact) mass is 386 g/mol. The van der Waals surface area contributed by atoms with Gasteiger partial charge in [-0.25, -0.2) is 4.98 Å². The van der Waals surface area contributed by atoms with Crippen LogP contribution in [0, 0.1) is 5.41 Å². The van der Waals surface area contributed by atoms with E-state index in [0.717, 1.165) is 10.6 Å². The first-order valence-electron chi connectivity index (χ1n) is 8.37. The van der Waals surface area contributed by atoms with E-state index in [-0.39, 0.29) is 17.4 Å². The fraction of sp³-hybridized carbons (Fsp3) is 0.300. The van der Waals surface area contributed by atoms with E-state index in [2.05, 4.69) is 37.1 Å². The topological polar surface area (TPSA) is 51.2 Å². The highest BCUT2D eigenvalue weighted by Gasteiger charge is 2.29. The minimum absolute atomic E-state index is 0.0467. The molecule has 0 saturated carbocycles. The molecule has 1 N–H and O–H groups in total. The molecule has 2 heterocycles. The van der Waals surface area contributed by atoms with Crippen molar-refractivity contribution in [3.63, 3.8) is 0 Å². The smallest absolute Gasteiger partial charge is 0.251 e. The summed E-state index contributed by atoms with van der Waals surface area (Å²) >= 11 is 3.20. The van der Waals surface area contributed by atoms with Crippen molar-refractivity contribution in [2.75, 3.05) is 0 Å². The van der Waals surface area contributed by atoms with Crippen molar-refractivity contribution >= 4 is 28.6 Å². The number of amides is 1. The molecule has 0 fully saturated rings. The number of aromatic nitrogens is 1. The summed E-state index contributed by atoms with van der Waals surface area (Å²) in [7, 11) is 0. The Kier molecular flexibility index (Phi) is 5.74. The van der Waals surface area contributed by atoms with E-state index >= 15 is 0 Å². The number of carbonyl (C=O) groups is 1. The van der Waals surface area contributed by atoms with Gasteiger partial charge in [-0.05, 0) is 35.1 Å². The van der Waals surface area contributed by atoms with Crippen LogP contribution in [0.1, 0.15) is 47.7 Å². The fourth-order valence-corrected chi connectivity index (χ4v) is 4.14. The predicted molar refractivity (Wildman–Crippen MR) is 107 cm³/mol. The van der Waals surface area contributed by atoms with Gasteiger partial charge in [0.25, 0.3) is 5.91 Å². The van der Waals surface area contributed by atoms with E-state index < -0.39 is 0 Å². The average Bonchev–Trinajstić information content (AvgIpc) is 3.30. The second kappa shape index (κ2) is 8.01. The lowest BCUT2D eigenvalue weighted by Gasteiger charge is -2.30. The third-order valence-electron chi connectivity index (χ3n) is 3.94. The molecule has 2 aromatic heterocycles. The second-order valence-electron chi connectivity index (χ2n) is 7.08. The van der Waals surface area contributed by atoms with Crippen LogP contribution in [0.5, 0.6) is 5.75 Å². The van der Waals surface area contributed by atoms with E-state index in [1.54, 1.807) is 29.0 Å². The normalized spacial score (nSPS) is 12.6. The number of nitrogens with one attached hydrogen (secondary N) is 1. The highest BCUT2D eigenvalue weighted by atomic mass is 32.1. The molecule has 0 bridgehead atoms. The van der Waals surface area contributed by atoms with Gasteiger partial charge in [-0.2, -0.15) is 0 Å². The highest BCUT2D eigenvalue weighted by Crippen LogP contribution is 2.35. The van der Waals surface area contributed by atoms with Crippen LogP contribution in [0.2, 0.25) is 0 Å². The summed E-state index contributed by atoms with van der Waals surface area (Å²) in [4.78, 5) is 18.2. The lowest BCUT2D eigenvalue weighted by Crippen LogP contribution is -2.36. The first-order valence-corrected chi connectivity index (χ1v) is 10.2.